The van der Waals surface area contributed by atoms with Crippen LogP contribution in [-0.2, 0) is 6.54 Å². The van der Waals surface area contributed by atoms with Crippen molar-refractivity contribution in [2.75, 3.05) is 39.3 Å². The van der Waals surface area contributed by atoms with E-state index in [1.54, 1.807) is 0 Å². The number of hydrogen-bond donors (Lipinski definition) is 1. The number of piperazine rings is 1. The van der Waals surface area contributed by atoms with Crippen molar-refractivity contribution in [1.82, 2.24) is 29.9 Å². The van der Waals surface area contributed by atoms with Crippen LogP contribution in [0.4, 0.5) is 0 Å². The normalized spacial score (nSPS) is 22.6. The molecule has 0 spiro atoms. The molecule has 1 atom stereocenters. The molecule has 1 unspecified atom stereocenters. The molecule has 2 fully saturated rings. The second-order valence-electron chi connectivity index (χ2n) is 7.21. The molecule has 0 aromatic carbocycles. The van der Waals surface area contributed by atoms with Gasteiger partial charge in [-0.1, -0.05) is 6.07 Å². The summed E-state index contributed by atoms with van der Waals surface area (Å²) in [5, 5.41) is 8.19. The van der Waals surface area contributed by atoms with Crippen LogP contribution in [0.15, 0.2) is 24.4 Å². The lowest BCUT2D eigenvalue weighted by Gasteiger charge is -2.32. The predicted molar refractivity (Wildman–Crippen MR) is 99.0 cm³/mol. The smallest absolute Gasteiger partial charge is 0.153 e. The number of nitrogens with one attached hydrogen (secondary N) is 1. The van der Waals surface area contributed by atoms with Crippen molar-refractivity contribution >= 4 is 0 Å². The van der Waals surface area contributed by atoms with E-state index in [1.165, 1.54) is 43.9 Å². The summed E-state index contributed by atoms with van der Waals surface area (Å²) in [6, 6.07) is 6.68. The van der Waals surface area contributed by atoms with Crippen LogP contribution in [-0.4, -0.2) is 69.9 Å². The summed E-state index contributed by atoms with van der Waals surface area (Å²) < 4.78 is 1.98. The SMILES string of the molecule is Cc1nn(-c2ccccn2)c(C)c1CN1CCC(N2CCNCC2)C1. The first-order valence-electron chi connectivity index (χ1n) is 9.36. The standard InChI is InChI=1S/C19H28N6/c1-15-18(16(2)25(22-15)19-5-3-4-7-21-19)14-23-10-6-17(13-23)24-11-8-20-9-12-24/h3-5,7,17,20H,6,8-14H2,1-2H3. The fraction of sp³-hybridized carbons (Fsp3) is 0.579. The molecule has 6 heteroatoms. The van der Waals surface area contributed by atoms with Crippen molar-refractivity contribution in [2.45, 2.75) is 32.9 Å². The molecule has 134 valence electrons. The highest BCUT2D eigenvalue weighted by molar-refractivity contribution is 5.32. The number of aryl methyl sites for hydroxylation is 1. The predicted octanol–water partition coefficient (Wildman–Crippen LogP) is 1.36. The highest BCUT2D eigenvalue weighted by Gasteiger charge is 2.29. The largest absolute Gasteiger partial charge is 0.314 e. The van der Waals surface area contributed by atoms with Gasteiger partial charge in [0.15, 0.2) is 5.82 Å². The van der Waals surface area contributed by atoms with E-state index in [9.17, 15) is 0 Å². The number of aromatic nitrogens is 3. The van der Waals surface area contributed by atoms with Crippen LogP contribution in [0.3, 0.4) is 0 Å². The molecule has 2 aromatic rings. The van der Waals surface area contributed by atoms with E-state index in [0.29, 0.717) is 6.04 Å². The number of rotatable bonds is 4. The zero-order valence-electron chi connectivity index (χ0n) is 15.3. The average Bonchev–Trinajstić information content (AvgIpc) is 3.23. The van der Waals surface area contributed by atoms with E-state index < -0.39 is 0 Å². The minimum absolute atomic E-state index is 0.716. The van der Waals surface area contributed by atoms with Gasteiger partial charge in [0.2, 0.25) is 0 Å². The van der Waals surface area contributed by atoms with Gasteiger partial charge in [-0.05, 0) is 32.4 Å². The summed E-state index contributed by atoms with van der Waals surface area (Å²) in [7, 11) is 0. The van der Waals surface area contributed by atoms with Crippen molar-refractivity contribution in [3.8, 4) is 5.82 Å². The van der Waals surface area contributed by atoms with Gasteiger partial charge in [-0.2, -0.15) is 5.10 Å². The summed E-state index contributed by atoms with van der Waals surface area (Å²) in [6.45, 7) is 12.3. The second-order valence-corrected chi connectivity index (χ2v) is 7.21. The van der Waals surface area contributed by atoms with Crippen LogP contribution in [0.1, 0.15) is 23.4 Å². The van der Waals surface area contributed by atoms with Gasteiger partial charge in [0, 0.05) is 69.3 Å². The Bertz CT molecular complexity index is 704. The van der Waals surface area contributed by atoms with Gasteiger partial charge in [-0.15, -0.1) is 0 Å². The van der Waals surface area contributed by atoms with Crippen molar-refractivity contribution < 1.29 is 0 Å². The molecule has 1 N–H and O–H groups in total. The van der Waals surface area contributed by atoms with E-state index in [0.717, 1.165) is 31.1 Å². The maximum absolute atomic E-state index is 4.74. The van der Waals surface area contributed by atoms with Crippen molar-refractivity contribution in [3.05, 3.63) is 41.3 Å². The highest BCUT2D eigenvalue weighted by atomic mass is 15.3. The second kappa shape index (κ2) is 7.23. The summed E-state index contributed by atoms with van der Waals surface area (Å²) in [4.78, 5) is 9.69. The van der Waals surface area contributed by atoms with Crippen LogP contribution in [0.5, 0.6) is 0 Å². The summed E-state index contributed by atoms with van der Waals surface area (Å²) >= 11 is 0. The Morgan fingerprint density at radius 2 is 2.00 bits per heavy atom. The minimum atomic E-state index is 0.716. The maximum Gasteiger partial charge on any atom is 0.153 e. The third-order valence-corrected chi connectivity index (χ3v) is 5.60. The Kier molecular flexibility index (Phi) is 4.83. The minimum Gasteiger partial charge on any atom is -0.314 e. The molecule has 2 aliphatic heterocycles. The van der Waals surface area contributed by atoms with Gasteiger partial charge in [-0.3, -0.25) is 9.80 Å². The van der Waals surface area contributed by atoms with Gasteiger partial charge in [0.25, 0.3) is 0 Å². The van der Waals surface area contributed by atoms with E-state index in [4.69, 9.17) is 5.10 Å². The van der Waals surface area contributed by atoms with Gasteiger partial charge in [0.1, 0.15) is 0 Å². The number of hydrogen-bond acceptors (Lipinski definition) is 5. The molecule has 4 heterocycles. The van der Waals surface area contributed by atoms with Crippen LogP contribution in [0, 0.1) is 13.8 Å². The van der Waals surface area contributed by atoms with E-state index >= 15 is 0 Å². The van der Waals surface area contributed by atoms with Crippen LogP contribution in [0.25, 0.3) is 5.82 Å². The topological polar surface area (TPSA) is 49.2 Å². The number of pyridine rings is 1. The first-order chi connectivity index (χ1) is 12.2. The quantitative estimate of drug-likeness (QED) is 0.911. The molecule has 2 saturated heterocycles. The van der Waals surface area contributed by atoms with Crippen molar-refractivity contribution in [1.29, 1.82) is 0 Å². The van der Waals surface area contributed by atoms with E-state index in [1.807, 2.05) is 29.1 Å². The fourth-order valence-electron chi connectivity index (χ4n) is 4.13. The molecular weight excluding hydrogens is 312 g/mol. The molecule has 0 saturated carbocycles. The van der Waals surface area contributed by atoms with Crippen LogP contribution < -0.4 is 5.32 Å². The lowest BCUT2D eigenvalue weighted by Crippen LogP contribution is -2.49. The first-order valence-corrected chi connectivity index (χ1v) is 9.36. The molecular formula is C19H28N6. The molecule has 25 heavy (non-hydrogen) atoms. The lowest BCUT2D eigenvalue weighted by molar-refractivity contribution is 0.170. The molecule has 4 rings (SSSR count). The highest BCUT2D eigenvalue weighted by Crippen LogP contribution is 2.23. The Balaban J connectivity index is 1.46. The third-order valence-electron chi connectivity index (χ3n) is 5.60. The van der Waals surface area contributed by atoms with Crippen LogP contribution in [0.2, 0.25) is 0 Å². The zero-order valence-corrected chi connectivity index (χ0v) is 15.3. The van der Waals surface area contributed by atoms with Gasteiger partial charge < -0.3 is 5.32 Å². The van der Waals surface area contributed by atoms with Crippen molar-refractivity contribution in [3.63, 3.8) is 0 Å². The third kappa shape index (κ3) is 3.47. The molecule has 2 aliphatic rings. The molecule has 0 amide bonds. The Morgan fingerprint density at radius 1 is 1.16 bits per heavy atom. The van der Waals surface area contributed by atoms with Crippen molar-refractivity contribution in [2.24, 2.45) is 0 Å². The first kappa shape index (κ1) is 16.7. The van der Waals surface area contributed by atoms with E-state index in [-0.39, 0.29) is 0 Å². The summed E-state index contributed by atoms with van der Waals surface area (Å²) in [5.74, 6) is 0.898. The van der Waals surface area contributed by atoms with Crippen LogP contribution >= 0.6 is 0 Å². The average molecular weight is 340 g/mol. The number of likely N-dealkylation sites (tertiary alicyclic amines) is 1. The molecule has 2 aromatic heterocycles. The Hall–Kier alpha value is -1.76. The molecule has 0 aliphatic carbocycles. The Morgan fingerprint density at radius 3 is 2.76 bits per heavy atom. The fourth-order valence-corrected chi connectivity index (χ4v) is 4.13. The monoisotopic (exact) mass is 340 g/mol. The zero-order chi connectivity index (χ0) is 17.2. The van der Waals surface area contributed by atoms with Gasteiger partial charge in [-0.25, -0.2) is 9.67 Å². The Labute approximate surface area is 149 Å². The van der Waals surface area contributed by atoms with Gasteiger partial charge >= 0.3 is 0 Å². The number of nitrogens with zero attached hydrogens (tertiary/aromatic N) is 5. The molecule has 0 bridgehead atoms. The summed E-state index contributed by atoms with van der Waals surface area (Å²) in [6.07, 6.45) is 3.11. The lowest BCUT2D eigenvalue weighted by atomic mass is 10.2. The maximum atomic E-state index is 4.74. The molecule has 6 nitrogen and oxygen atoms in total. The van der Waals surface area contributed by atoms with E-state index in [2.05, 4.69) is 33.9 Å². The van der Waals surface area contributed by atoms with Gasteiger partial charge in [0.05, 0.1) is 5.69 Å². The molecule has 0 radical (unpaired) electrons. The summed E-state index contributed by atoms with van der Waals surface area (Å²) in [5.41, 5.74) is 3.68.